The molecule has 100 valence electrons. The molecule has 0 aliphatic rings. The predicted octanol–water partition coefficient (Wildman–Crippen LogP) is 2.39. The van der Waals surface area contributed by atoms with Crippen LogP contribution in [0.5, 0.6) is 5.75 Å². The van der Waals surface area contributed by atoms with Crippen LogP contribution in [0.3, 0.4) is 0 Å². The first-order chi connectivity index (χ1) is 9.65. The minimum atomic E-state index is -0.00190. The first-order valence-electron chi connectivity index (χ1n) is 5.99. The quantitative estimate of drug-likeness (QED) is 0.692. The van der Waals surface area contributed by atoms with E-state index in [1.807, 2.05) is 19.1 Å². The molecule has 3 aromatic rings. The van der Waals surface area contributed by atoms with Crippen LogP contribution in [0.15, 0.2) is 41.1 Å². The van der Waals surface area contributed by atoms with Crippen molar-refractivity contribution in [3.63, 3.8) is 0 Å². The van der Waals surface area contributed by atoms with Gasteiger partial charge in [0.1, 0.15) is 11.4 Å². The van der Waals surface area contributed by atoms with E-state index in [0.29, 0.717) is 22.8 Å². The number of nitrogen functional groups attached to an aromatic ring is 1. The molecule has 0 saturated carbocycles. The third-order valence-electron chi connectivity index (χ3n) is 2.90. The van der Waals surface area contributed by atoms with Gasteiger partial charge in [-0.1, -0.05) is 11.2 Å². The van der Waals surface area contributed by atoms with Crippen LogP contribution < -0.4 is 5.73 Å². The fourth-order valence-corrected chi connectivity index (χ4v) is 1.88. The van der Waals surface area contributed by atoms with Crippen molar-refractivity contribution in [1.82, 2.24) is 15.1 Å². The molecule has 2 aromatic heterocycles. The number of phenolic OH excluding ortho intramolecular Hbond substituents is 1. The Morgan fingerprint density at radius 1 is 1.25 bits per heavy atom. The first kappa shape index (κ1) is 12.2. The number of hydrogen-bond acceptors (Lipinski definition) is 6. The van der Waals surface area contributed by atoms with Crippen molar-refractivity contribution < 1.29 is 9.63 Å². The summed E-state index contributed by atoms with van der Waals surface area (Å²) in [5, 5.41) is 13.8. The van der Waals surface area contributed by atoms with Crippen molar-refractivity contribution in [2.24, 2.45) is 0 Å². The van der Waals surface area contributed by atoms with Crippen molar-refractivity contribution in [3.8, 4) is 28.7 Å². The minimum Gasteiger partial charge on any atom is -0.507 e. The van der Waals surface area contributed by atoms with E-state index in [1.54, 1.807) is 18.3 Å². The lowest BCUT2D eigenvalue weighted by Crippen LogP contribution is -1.89. The zero-order valence-electron chi connectivity index (χ0n) is 10.7. The SMILES string of the molecule is Cc1cccnc1-c1noc(-c2ccc(N)cc2O)n1. The van der Waals surface area contributed by atoms with Crippen molar-refractivity contribution in [3.05, 3.63) is 42.1 Å². The van der Waals surface area contributed by atoms with Gasteiger partial charge < -0.3 is 15.4 Å². The molecule has 3 rings (SSSR count). The average Bonchev–Trinajstić information content (AvgIpc) is 2.88. The molecule has 0 aliphatic carbocycles. The van der Waals surface area contributed by atoms with E-state index in [1.165, 1.54) is 6.07 Å². The fourth-order valence-electron chi connectivity index (χ4n) is 1.88. The molecular formula is C14H12N4O2. The van der Waals surface area contributed by atoms with Gasteiger partial charge in [0.25, 0.3) is 5.89 Å². The Hall–Kier alpha value is -2.89. The van der Waals surface area contributed by atoms with Crippen molar-refractivity contribution >= 4 is 5.69 Å². The predicted molar refractivity (Wildman–Crippen MR) is 73.8 cm³/mol. The van der Waals surface area contributed by atoms with Gasteiger partial charge in [0.05, 0.1) is 5.56 Å². The Morgan fingerprint density at radius 3 is 2.85 bits per heavy atom. The third kappa shape index (κ3) is 2.07. The summed E-state index contributed by atoms with van der Waals surface area (Å²) >= 11 is 0. The standard InChI is InChI=1S/C14H12N4O2/c1-8-3-2-6-16-12(8)13-17-14(20-18-13)10-5-4-9(15)7-11(10)19/h2-7,19H,15H2,1H3. The van der Waals surface area contributed by atoms with Gasteiger partial charge in [-0.2, -0.15) is 4.98 Å². The summed E-state index contributed by atoms with van der Waals surface area (Å²) < 4.78 is 5.18. The fraction of sp³-hybridized carbons (Fsp3) is 0.0714. The second kappa shape index (κ2) is 4.65. The molecule has 2 heterocycles. The number of hydrogen-bond donors (Lipinski definition) is 2. The van der Waals surface area contributed by atoms with Gasteiger partial charge in [0.15, 0.2) is 0 Å². The van der Waals surface area contributed by atoms with E-state index < -0.39 is 0 Å². The number of rotatable bonds is 2. The summed E-state index contributed by atoms with van der Waals surface area (Å²) in [4.78, 5) is 8.49. The molecule has 6 heteroatoms. The second-order valence-electron chi connectivity index (χ2n) is 4.37. The molecule has 1 aromatic carbocycles. The number of benzene rings is 1. The highest BCUT2D eigenvalue weighted by Crippen LogP contribution is 2.30. The zero-order valence-corrected chi connectivity index (χ0v) is 10.7. The lowest BCUT2D eigenvalue weighted by molar-refractivity contribution is 0.425. The number of phenols is 1. The van der Waals surface area contributed by atoms with Gasteiger partial charge in [0.2, 0.25) is 5.82 Å². The Balaban J connectivity index is 2.04. The molecule has 0 spiro atoms. The molecule has 0 bridgehead atoms. The van der Waals surface area contributed by atoms with Gasteiger partial charge >= 0.3 is 0 Å². The van der Waals surface area contributed by atoms with E-state index in [4.69, 9.17) is 10.3 Å². The van der Waals surface area contributed by atoms with E-state index in [-0.39, 0.29) is 11.6 Å². The van der Waals surface area contributed by atoms with Gasteiger partial charge in [-0.25, -0.2) is 0 Å². The lowest BCUT2D eigenvalue weighted by atomic mass is 10.2. The maximum atomic E-state index is 9.86. The van der Waals surface area contributed by atoms with Crippen LogP contribution in [0.2, 0.25) is 0 Å². The Morgan fingerprint density at radius 2 is 2.10 bits per heavy atom. The summed E-state index contributed by atoms with van der Waals surface area (Å²) in [6.07, 6.45) is 1.67. The smallest absolute Gasteiger partial charge is 0.262 e. The first-order valence-corrected chi connectivity index (χ1v) is 5.99. The van der Waals surface area contributed by atoms with Gasteiger partial charge in [-0.3, -0.25) is 4.98 Å². The highest BCUT2D eigenvalue weighted by Gasteiger charge is 2.15. The average molecular weight is 268 g/mol. The van der Waals surface area contributed by atoms with Gasteiger partial charge in [-0.05, 0) is 30.7 Å². The van der Waals surface area contributed by atoms with Crippen LogP contribution in [-0.4, -0.2) is 20.2 Å². The van der Waals surface area contributed by atoms with E-state index >= 15 is 0 Å². The molecule has 20 heavy (non-hydrogen) atoms. The van der Waals surface area contributed by atoms with E-state index in [0.717, 1.165) is 5.56 Å². The molecule has 0 saturated heterocycles. The van der Waals surface area contributed by atoms with E-state index in [9.17, 15) is 5.11 Å². The summed E-state index contributed by atoms with van der Waals surface area (Å²) in [6, 6.07) is 8.48. The molecule has 3 N–H and O–H groups in total. The Kier molecular flexibility index (Phi) is 2.83. The number of nitrogens with two attached hydrogens (primary N) is 1. The van der Waals surface area contributed by atoms with Crippen LogP contribution in [-0.2, 0) is 0 Å². The third-order valence-corrected chi connectivity index (χ3v) is 2.90. The number of aromatic nitrogens is 3. The summed E-state index contributed by atoms with van der Waals surface area (Å²) in [7, 11) is 0. The molecule has 0 unspecified atom stereocenters. The van der Waals surface area contributed by atoms with Crippen LogP contribution in [0.25, 0.3) is 23.0 Å². The van der Waals surface area contributed by atoms with Crippen LogP contribution in [0.1, 0.15) is 5.56 Å². The summed E-state index contributed by atoms with van der Waals surface area (Å²) in [6.45, 7) is 1.92. The number of anilines is 1. The second-order valence-corrected chi connectivity index (χ2v) is 4.37. The molecule has 0 amide bonds. The minimum absolute atomic E-state index is 0.00190. The van der Waals surface area contributed by atoms with Crippen molar-refractivity contribution in [2.45, 2.75) is 6.92 Å². The molecule has 0 fully saturated rings. The van der Waals surface area contributed by atoms with Crippen LogP contribution in [0, 0.1) is 6.92 Å². The maximum absolute atomic E-state index is 9.86. The highest BCUT2D eigenvalue weighted by molar-refractivity contribution is 5.67. The van der Waals surface area contributed by atoms with Gasteiger partial charge in [-0.15, -0.1) is 0 Å². The monoisotopic (exact) mass is 268 g/mol. The molecule has 6 nitrogen and oxygen atoms in total. The molecule has 0 radical (unpaired) electrons. The maximum Gasteiger partial charge on any atom is 0.262 e. The highest BCUT2D eigenvalue weighted by atomic mass is 16.5. The molecule has 0 atom stereocenters. The van der Waals surface area contributed by atoms with Crippen LogP contribution in [0.4, 0.5) is 5.69 Å². The van der Waals surface area contributed by atoms with Crippen molar-refractivity contribution in [1.29, 1.82) is 0 Å². The molecular weight excluding hydrogens is 256 g/mol. The number of pyridine rings is 1. The Bertz CT molecular complexity index is 767. The Labute approximate surface area is 114 Å². The summed E-state index contributed by atoms with van der Waals surface area (Å²) in [5.41, 5.74) is 8.08. The van der Waals surface area contributed by atoms with Crippen molar-refractivity contribution in [2.75, 3.05) is 5.73 Å². The molecule has 0 aliphatic heterocycles. The van der Waals surface area contributed by atoms with Gasteiger partial charge in [0, 0.05) is 18.0 Å². The number of nitrogens with zero attached hydrogens (tertiary/aromatic N) is 3. The van der Waals surface area contributed by atoms with Crippen LogP contribution >= 0.6 is 0 Å². The largest absolute Gasteiger partial charge is 0.507 e. The topological polar surface area (TPSA) is 98.1 Å². The number of aryl methyl sites for hydroxylation is 1. The zero-order chi connectivity index (χ0) is 14.1. The summed E-state index contributed by atoms with van der Waals surface area (Å²) in [5.74, 6) is 0.606. The number of aromatic hydroxyl groups is 1. The lowest BCUT2D eigenvalue weighted by Gasteiger charge is -2.00. The van der Waals surface area contributed by atoms with E-state index in [2.05, 4.69) is 15.1 Å². The normalized spacial score (nSPS) is 10.7.